The summed E-state index contributed by atoms with van der Waals surface area (Å²) in [5.41, 5.74) is 2.44. The fourth-order valence-electron chi connectivity index (χ4n) is 1.94. The molecule has 2 aromatic carbocycles. The molecule has 2 nitrogen and oxygen atoms in total. The highest BCUT2D eigenvalue weighted by Gasteiger charge is 2.02. The molecule has 0 atom stereocenters. The van der Waals surface area contributed by atoms with Crippen molar-refractivity contribution in [3.8, 4) is 6.07 Å². The number of hydrogen-bond donors (Lipinski definition) is 1. The van der Waals surface area contributed by atoms with Crippen molar-refractivity contribution in [3.63, 3.8) is 0 Å². The van der Waals surface area contributed by atoms with Crippen LogP contribution in [0.25, 0.3) is 0 Å². The van der Waals surface area contributed by atoms with Gasteiger partial charge < -0.3 is 5.32 Å². The quantitative estimate of drug-likeness (QED) is 0.816. The van der Waals surface area contributed by atoms with Crippen LogP contribution in [0.2, 0.25) is 0 Å². The summed E-state index contributed by atoms with van der Waals surface area (Å²) in [6.07, 6.45) is 0. The number of nitriles is 1. The minimum Gasteiger partial charge on any atom is -0.313 e. The molecule has 21 heavy (non-hydrogen) atoms. The fraction of sp³-hybridized carbons (Fsp3) is 0.235. The van der Waals surface area contributed by atoms with Crippen LogP contribution in [0.4, 0.5) is 4.39 Å². The maximum Gasteiger partial charge on any atom is 0.124 e. The molecule has 0 aromatic heterocycles. The molecular formula is C17H17FN2S. The molecule has 2 rings (SSSR count). The van der Waals surface area contributed by atoms with Crippen molar-refractivity contribution >= 4 is 11.8 Å². The lowest BCUT2D eigenvalue weighted by atomic mass is 10.1. The first-order chi connectivity index (χ1) is 10.2. The van der Waals surface area contributed by atoms with Crippen LogP contribution in [0.5, 0.6) is 0 Å². The van der Waals surface area contributed by atoms with E-state index in [0.717, 1.165) is 23.5 Å². The Bertz CT molecular complexity index is 632. The molecule has 2 aromatic rings. The van der Waals surface area contributed by atoms with Crippen LogP contribution < -0.4 is 5.32 Å². The standard InChI is InChI=1S/C17H17FN2S/c1-2-20-11-13-3-5-17(6-4-13)21-12-15-7-14(10-19)8-16(18)9-15/h3-9,20H,2,11-12H2,1H3. The highest BCUT2D eigenvalue weighted by Crippen LogP contribution is 2.24. The van der Waals surface area contributed by atoms with E-state index in [1.54, 1.807) is 17.8 Å². The van der Waals surface area contributed by atoms with Crippen LogP contribution in [-0.4, -0.2) is 6.54 Å². The minimum atomic E-state index is -0.356. The Morgan fingerprint density at radius 2 is 1.90 bits per heavy atom. The summed E-state index contributed by atoms with van der Waals surface area (Å²) >= 11 is 1.64. The molecule has 0 saturated heterocycles. The van der Waals surface area contributed by atoms with E-state index in [9.17, 15) is 4.39 Å². The van der Waals surface area contributed by atoms with Crippen molar-refractivity contribution in [2.45, 2.75) is 24.1 Å². The zero-order chi connectivity index (χ0) is 15.1. The number of halogens is 1. The third-order valence-electron chi connectivity index (χ3n) is 2.99. The molecule has 1 N–H and O–H groups in total. The first-order valence-electron chi connectivity index (χ1n) is 6.83. The van der Waals surface area contributed by atoms with E-state index in [-0.39, 0.29) is 5.82 Å². The molecule has 0 saturated carbocycles. The molecular weight excluding hydrogens is 283 g/mol. The monoisotopic (exact) mass is 300 g/mol. The zero-order valence-electron chi connectivity index (χ0n) is 11.9. The normalized spacial score (nSPS) is 10.3. The topological polar surface area (TPSA) is 35.8 Å². The van der Waals surface area contributed by atoms with Crippen LogP contribution in [0.1, 0.15) is 23.6 Å². The number of rotatable bonds is 6. The van der Waals surface area contributed by atoms with Crippen molar-refractivity contribution in [1.29, 1.82) is 5.26 Å². The molecule has 0 heterocycles. The Labute approximate surface area is 129 Å². The van der Waals surface area contributed by atoms with E-state index >= 15 is 0 Å². The molecule has 0 aliphatic carbocycles. The summed E-state index contributed by atoms with van der Waals surface area (Å²) in [5, 5.41) is 12.1. The highest BCUT2D eigenvalue weighted by atomic mass is 32.2. The molecule has 0 amide bonds. The second-order valence-corrected chi connectivity index (χ2v) is 5.72. The smallest absolute Gasteiger partial charge is 0.124 e. The van der Waals surface area contributed by atoms with Gasteiger partial charge in [-0.05, 0) is 48.0 Å². The lowest BCUT2D eigenvalue weighted by Crippen LogP contribution is -2.11. The molecule has 0 aliphatic rings. The van der Waals surface area contributed by atoms with Gasteiger partial charge in [-0.15, -0.1) is 11.8 Å². The third kappa shape index (κ3) is 4.89. The van der Waals surface area contributed by atoms with E-state index < -0.39 is 0 Å². The van der Waals surface area contributed by atoms with Gasteiger partial charge >= 0.3 is 0 Å². The van der Waals surface area contributed by atoms with Crippen LogP contribution in [0.3, 0.4) is 0 Å². The lowest BCUT2D eigenvalue weighted by Gasteiger charge is -2.05. The Morgan fingerprint density at radius 3 is 2.57 bits per heavy atom. The second kappa shape index (κ2) is 7.82. The van der Waals surface area contributed by atoms with E-state index in [1.807, 2.05) is 6.07 Å². The third-order valence-corrected chi connectivity index (χ3v) is 4.08. The Balaban J connectivity index is 1.97. The summed E-state index contributed by atoms with van der Waals surface area (Å²) in [6, 6.07) is 14.8. The molecule has 108 valence electrons. The van der Waals surface area contributed by atoms with Crippen molar-refractivity contribution in [2.75, 3.05) is 6.54 Å². The van der Waals surface area contributed by atoms with Crippen LogP contribution in [0, 0.1) is 17.1 Å². The number of nitrogens with one attached hydrogen (secondary N) is 1. The molecule has 0 aliphatic heterocycles. The van der Waals surface area contributed by atoms with Gasteiger partial charge in [0.1, 0.15) is 5.82 Å². The molecule has 0 spiro atoms. The van der Waals surface area contributed by atoms with E-state index in [0.29, 0.717) is 11.3 Å². The molecule has 4 heteroatoms. The summed E-state index contributed by atoms with van der Waals surface area (Å²) in [5.74, 6) is 0.296. The van der Waals surface area contributed by atoms with Gasteiger partial charge in [0.15, 0.2) is 0 Å². The van der Waals surface area contributed by atoms with Crippen LogP contribution in [0.15, 0.2) is 47.4 Å². The minimum absolute atomic E-state index is 0.356. The van der Waals surface area contributed by atoms with Gasteiger partial charge in [0.2, 0.25) is 0 Å². The zero-order valence-corrected chi connectivity index (χ0v) is 12.7. The van der Waals surface area contributed by atoms with E-state index in [2.05, 4.69) is 36.5 Å². The maximum absolute atomic E-state index is 13.3. The van der Waals surface area contributed by atoms with Gasteiger partial charge in [0.05, 0.1) is 11.6 Å². The van der Waals surface area contributed by atoms with Crippen molar-refractivity contribution in [2.24, 2.45) is 0 Å². The Kier molecular flexibility index (Phi) is 5.79. The fourth-order valence-corrected chi connectivity index (χ4v) is 2.77. The number of thioether (sulfide) groups is 1. The summed E-state index contributed by atoms with van der Waals surface area (Å²) in [4.78, 5) is 1.14. The van der Waals surface area contributed by atoms with E-state index in [1.165, 1.54) is 17.7 Å². The highest BCUT2D eigenvalue weighted by molar-refractivity contribution is 7.98. The van der Waals surface area contributed by atoms with Gasteiger partial charge in [-0.2, -0.15) is 5.26 Å². The number of benzene rings is 2. The summed E-state index contributed by atoms with van der Waals surface area (Å²) in [7, 11) is 0. The largest absolute Gasteiger partial charge is 0.313 e. The van der Waals surface area contributed by atoms with Gasteiger partial charge in [-0.3, -0.25) is 0 Å². The second-order valence-electron chi connectivity index (χ2n) is 4.67. The molecule has 0 bridgehead atoms. The SMILES string of the molecule is CCNCc1ccc(SCc2cc(F)cc(C#N)c2)cc1. The molecule has 0 fully saturated rings. The van der Waals surface area contributed by atoms with Crippen LogP contribution >= 0.6 is 11.8 Å². The van der Waals surface area contributed by atoms with E-state index in [4.69, 9.17) is 5.26 Å². The molecule has 0 radical (unpaired) electrons. The Hall–Kier alpha value is -1.83. The molecule has 0 unspecified atom stereocenters. The average molecular weight is 300 g/mol. The first kappa shape index (κ1) is 15.6. The van der Waals surface area contributed by atoms with Crippen LogP contribution in [-0.2, 0) is 12.3 Å². The Morgan fingerprint density at radius 1 is 1.14 bits per heavy atom. The van der Waals surface area contributed by atoms with Gasteiger partial charge in [-0.25, -0.2) is 4.39 Å². The average Bonchev–Trinajstić information content (AvgIpc) is 2.51. The summed E-state index contributed by atoms with van der Waals surface area (Å²) < 4.78 is 13.3. The number of hydrogen-bond acceptors (Lipinski definition) is 3. The predicted molar refractivity (Wildman–Crippen MR) is 84.5 cm³/mol. The van der Waals surface area contributed by atoms with Crippen molar-refractivity contribution < 1.29 is 4.39 Å². The van der Waals surface area contributed by atoms with Gasteiger partial charge in [-0.1, -0.05) is 19.1 Å². The van der Waals surface area contributed by atoms with Gasteiger partial charge in [0, 0.05) is 17.2 Å². The summed E-state index contributed by atoms with van der Waals surface area (Å²) in [6.45, 7) is 3.91. The van der Waals surface area contributed by atoms with Gasteiger partial charge in [0.25, 0.3) is 0 Å². The maximum atomic E-state index is 13.3. The van der Waals surface area contributed by atoms with Crippen molar-refractivity contribution in [1.82, 2.24) is 5.32 Å². The first-order valence-corrected chi connectivity index (χ1v) is 7.82. The van der Waals surface area contributed by atoms with Crippen molar-refractivity contribution in [3.05, 3.63) is 65.0 Å². The lowest BCUT2D eigenvalue weighted by molar-refractivity contribution is 0.626. The predicted octanol–water partition coefficient (Wildman–Crippen LogP) is 4.10. The number of nitrogens with zero attached hydrogens (tertiary/aromatic N) is 1.